The number of thiocarbonyl (C=S) groups is 1. The molecular formula is C5H9N3OS. The molecule has 0 aromatic heterocycles. The molecular weight excluding hydrogens is 150 g/mol. The lowest BCUT2D eigenvalue weighted by molar-refractivity contribution is -0.125. The number of hydrogen-bond donors (Lipinski definition) is 1. The van der Waals surface area contributed by atoms with Crippen LogP contribution in [0, 0.1) is 0 Å². The molecule has 56 valence electrons. The summed E-state index contributed by atoms with van der Waals surface area (Å²) in [5, 5.41) is 1.44. The summed E-state index contributed by atoms with van der Waals surface area (Å²) in [5.41, 5.74) is 0. The van der Waals surface area contributed by atoms with Gasteiger partial charge in [-0.25, -0.2) is 10.9 Å². The van der Waals surface area contributed by atoms with Crippen molar-refractivity contribution in [3.8, 4) is 0 Å². The summed E-state index contributed by atoms with van der Waals surface area (Å²) in [4.78, 5) is 12.6. The average molecular weight is 159 g/mol. The Morgan fingerprint density at radius 3 is 2.60 bits per heavy atom. The third-order valence-electron chi connectivity index (χ3n) is 1.45. The number of hydrazine groups is 1. The molecule has 5 heteroatoms. The van der Waals surface area contributed by atoms with E-state index in [0.717, 1.165) is 11.6 Å². The summed E-state index contributed by atoms with van der Waals surface area (Å²) < 4.78 is 0. The first-order chi connectivity index (χ1) is 4.66. The van der Waals surface area contributed by atoms with Crippen molar-refractivity contribution in [3.05, 3.63) is 0 Å². The van der Waals surface area contributed by atoms with Crippen molar-refractivity contribution < 1.29 is 4.79 Å². The van der Waals surface area contributed by atoms with Gasteiger partial charge in [0, 0.05) is 6.54 Å². The summed E-state index contributed by atoms with van der Waals surface area (Å²) in [5.74, 6) is 5.16. The van der Waals surface area contributed by atoms with Crippen LogP contribution < -0.4 is 5.84 Å². The first kappa shape index (κ1) is 7.43. The number of carbonyl (C=O) groups excluding carboxylic acids is 1. The molecule has 4 nitrogen and oxygen atoms in total. The molecule has 0 atom stereocenters. The number of rotatable bonds is 1. The highest BCUT2D eigenvalue weighted by Crippen LogP contribution is 2.04. The van der Waals surface area contributed by atoms with Crippen LogP contribution in [-0.4, -0.2) is 34.0 Å². The predicted octanol–water partition coefficient (Wildman–Crippen LogP) is -0.691. The Bertz CT molecular complexity index is 182. The molecule has 1 aliphatic rings. The minimum absolute atomic E-state index is 0.133. The van der Waals surface area contributed by atoms with Gasteiger partial charge in [0.05, 0.1) is 0 Å². The van der Waals surface area contributed by atoms with Crippen molar-refractivity contribution in [1.29, 1.82) is 0 Å². The molecule has 0 saturated carbocycles. The van der Waals surface area contributed by atoms with E-state index < -0.39 is 0 Å². The van der Waals surface area contributed by atoms with E-state index in [1.165, 1.54) is 0 Å². The summed E-state index contributed by atoms with van der Waals surface area (Å²) in [7, 11) is 0. The van der Waals surface area contributed by atoms with Crippen LogP contribution in [0.1, 0.15) is 6.92 Å². The maximum atomic E-state index is 10.8. The standard InChI is InChI=1S/C5H9N3OS/c1-2-7-3-4(9)8(6)5(7)10/h2-3,6H2,1H3. The van der Waals surface area contributed by atoms with Gasteiger partial charge < -0.3 is 4.90 Å². The van der Waals surface area contributed by atoms with Gasteiger partial charge in [0.1, 0.15) is 6.54 Å². The summed E-state index contributed by atoms with van der Waals surface area (Å²) in [6.45, 7) is 2.99. The fraction of sp³-hybridized carbons (Fsp3) is 0.600. The lowest BCUT2D eigenvalue weighted by Crippen LogP contribution is -2.38. The SMILES string of the molecule is CCN1CC(=O)N(N)C1=S. The first-order valence-corrected chi connectivity index (χ1v) is 3.44. The maximum Gasteiger partial charge on any atom is 0.262 e. The van der Waals surface area contributed by atoms with Crippen LogP contribution in [0.4, 0.5) is 0 Å². The van der Waals surface area contributed by atoms with Gasteiger partial charge in [0.15, 0.2) is 5.11 Å². The number of hydrogen-bond acceptors (Lipinski definition) is 3. The van der Waals surface area contributed by atoms with Crippen LogP contribution in [0.5, 0.6) is 0 Å². The van der Waals surface area contributed by atoms with Gasteiger partial charge in [0.25, 0.3) is 5.91 Å². The molecule has 10 heavy (non-hydrogen) atoms. The molecule has 1 heterocycles. The van der Waals surface area contributed by atoms with E-state index in [1.54, 1.807) is 4.90 Å². The number of likely N-dealkylation sites (N-methyl/N-ethyl adjacent to an activating group) is 1. The van der Waals surface area contributed by atoms with E-state index in [4.69, 9.17) is 18.1 Å². The minimum atomic E-state index is -0.133. The summed E-state index contributed by atoms with van der Waals surface area (Å²) in [6.07, 6.45) is 0. The topological polar surface area (TPSA) is 49.6 Å². The van der Waals surface area contributed by atoms with Gasteiger partial charge >= 0.3 is 0 Å². The fourth-order valence-electron chi connectivity index (χ4n) is 0.813. The molecule has 0 unspecified atom stereocenters. The van der Waals surface area contributed by atoms with Crippen LogP contribution in [0.15, 0.2) is 0 Å². The van der Waals surface area contributed by atoms with E-state index in [2.05, 4.69) is 0 Å². The molecule has 0 spiro atoms. The van der Waals surface area contributed by atoms with Crippen LogP contribution in [0.25, 0.3) is 0 Å². The third kappa shape index (κ3) is 0.975. The average Bonchev–Trinajstić information content (AvgIpc) is 2.17. The van der Waals surface area contributed by atoms with Crippen molar-refractivity contribution in [2.75, 3.05) is 13.1 Å². The van der Waals surface area contributed by atoms with Gasteiger partial charge in [0.2, 0.25) is 0 Å². The largest absolute Gasteiger partial charge is 0.339 e. The molecule has 0 aliphatic carbocycles. The van der Waals surface area contributed by atoms with Gasteiger partial charge in [-0.15, -0.1) is 0 Å². The molecule has 1 fully saturated rings. The van der Waals surface area contributed by atoms with E-state index in [1.807, 2.05) is 6.92 Å². The number of nitrogens with zero attached hydrogens (tertiary/aromatic N) is 2. The second-order valence-electron chi connectivity index (χ2n) is 2.06. The highest BCUT2D eigenvalue weighted by Gasteiger charge is 2.28. The van der Waals surface area contributed by atoms with E-state index in [0.29, 0.717) is 11.7 Å². The van der Waals surface area contributed by atoms with Gasteiger partial charge in [-0.3, -0.25) is 4.79 Å². The first-order valence-electron chi connectivity index (χ1n) is 3.03. The lowest BCUT2D eigenvalue weighted by Gasteiger charge is -2.13. The molecule has 2 N–H and O–H groups in total. The maximum absolute atomic E-state index is 10.8. The number of nitrogens with two attached hydrogens (primary N) is 1. The van der Waals surface area contributed by atoms with Crippen LogP contribution in [0.2, 0.25) is 0 Å². The molecule has 0 aromatic carbocycles. The summed E-state index contributed by atoms with van der Waals surface area (Å²) >= 11 is 4.85. The summed E-state index contributed by atoms with van der Waals surface area (Å²) in [6, 6.07) is 0. The zero-order chi connectivity index (χ0) is 7.72. The Morgan fingerprint density at radius 1 is 1.80 bits per heavy atom. The zero-order valence-corrected chi connectivity index (χ0v) is 6.52. The predicted molar refractivity (Wildman–Crippen MR) is 40.9 cm³/mol. The molecule has 0 aromatic rings. The lowest BCUT2D eigenvalue weighted by atomic mass is 10.6. The number of amides is 1. The Balaban J connectivity index is 2.71. The molecule has 1 saturated heterocycles. The minimum Gasteiger partial charge on any atom is -0.339 e. The Labute approximate surface area is 64.5 Å². The fourth-order valence-corrected chi connectivity index (χ4v) is 1.11. The second-order valence-corrected chi connectivity index (χ2v) is 2.43. The van der Waals surface area contributed by atoms with E-state index in [9.17, 15) is 4.79 Å². The Hall–Kier alpha value is -0.680. The molecule has 1 amide bonds. The van der Waals surface area contributed by atoms with Crippen molar-refractivity contribution in [2.24, 2.45) is 5.84 Å². The normalized spacial score (nSPS) is 19.0. The Morgan fingerprint density at radius 2 is 2.40 bits per heavy atom. The zero-order valence-electron chi connectivity index (χ0n) is 5.70. The smallest absolute Gasteiger partial charge is 0.262 e. The van der Waals surface area contributed by atoms with Crippen molar-refractivity contribution in [1.82, 2.24) is 9.91 Å². The second kappa shape index (κ2) is 2.51. The van der Waals surface area contributed by atoms with Gasteiger partial charge in [-0.2, -0.15) is 0 Å². The van der Waals surface area contributed by atoms with Crippen LogP contribution >= 0.6 is 12.2 Å². The highest BCUT2D eigenvalue weighted by atomic mass is 32.1. The highest BCUT2D eigenvalue weighted by molar-refractivity contribution is 7.80. The quantitative estimate of drug-likeness (QED) is 0.312. The molecule has 0 bridgehead atoms. The third-order valence-corrected chi connectivity index (χ3v) is 1.91. The van der Waals surface area contributed by atoms with Crippen molar-refractivity contribution in [2.45, 2.75) is 6.92 Å². The van der Waals surface area contributed by atoms with Gasteiger partial charge in [-0.1, -0.05) is 0 Å². The van der Waals surface area contributed by atoms with E-state index >= 15 is 0 Å². The molecule has 0 radical (unpaired) electrons. The molecule has 1 aliphatic heterocycles. The van der Waals surface area contributed by atoms with E-state index in [-0.39, 0.29) is 5.91 Å². The monoisotopic (exact) mass is 159 g/mol. The van der Waals surface area contributed by atoms with Crippen molar-refractivity contribution in [3.63, 3.8) is 0 Å². The van der Waals surface area contributed by atoms with Gasteiger partial charge in [-0.05, 0) is 19.1 Å². The van der Waals surface area contributed by atoms with Crippen LogP contribution in [-0.2, 0) is 4.79 Å². The number of carbonyl (C=O) groups is 1. The van der Waals surface area contributed by atoms with Crippen LogP contribution in [0.3, 0.4) is 0 Å². The molecule has 1 rings (SSSR count). The Kier molecular flexibility index (Phi) is 1.87. The van der Waals surface area contributed by atoms with Crippen molar-refractivity contribution >= 4 is 23.2 Å².